The third-order valence-corrected chi connectivity index (χ3v) is 7.59. The molecule has 0 radical (unpaired) electrons. The summed E-state index contributed by atoms with van der Waals surface area (Å²) in [6.45, 7) is 9.44. The van der Waals surface area contributed by atoms with Gasteiger partial charge in [-0.2, -0.15) is 0 Å². The first-order chi connectivity index (χ1) is 19.6. The number of phenols is 1. The Kier molecular flexibility index (Phi) is 8.16. The maximum Gasteiger partial charge on any atom is 0.257 e. The van der Waals surface area contributed by atoms with Gasteiger partial charge in [0.2, 0.25) is 0 Å². The SMILES string of the molecule is COc1ccc2cc1OCCn1cc(nn1)CO[C@H]1CN(C(=O)c3cc(C(C)C)cc(C(C)C)c3O)C[C@@H]1NC2=O. The molecule has 2 aromatic carbocycles. The Morgan fingerprint density at radius 3 is 2.68 bits per heavy atom. The van der Waals surface area contributed by atoms with E-state index in [-0.39, 0.29) is 54.7 Å². The number of phenolic OH excluding ortho intramolecular Hbond substituents is 1. The maximum atomic E-state index is 13.8. The lowest BCUT2D eigenvalue weighted by molar-refractivity contribution is 0.0291. The maximum absolute atomic E-state index is 13.8. The van der Waals surface area contributed by atoms with Gasteiger partial charge < -0.3 is 29.5 Å². The monoisotopic (exact) mass is 563 g/mol. The number of likely N-dealkylation sites (tertiary alicyclic amines) is 1. The lowest BCUT2D eigenvalue weighted by atomic mass is 9.91. The Morgan fingerprint density at radius 2 is 1.95 bits per heavy atom. The van der Waals surface area contributed by atoms with Crippen LogP contribution in [0.5, 0.6) is 17.2 Å². The van der Waals surface area contributed by atoms with Crippen LogP contribution < -0.4 is 14.8 Å². The van der Waals surface area contributed by atoms with Crippen molar-refractivity contribution in [1.29, 1.82) is 0 Å². The van der Waals surface area contributed by atoms with E-state index in [1.54, 1.807) is 47.2 Å². The molecule has 2 aliphatic rings. The fourth-order valence-electron chi connectivity index (χ4n) is 5.17. The Bertz CT molecular complexity index is 1430. The summed E-state index contributed by atoms with van der Waals surface area (Å²) in [6.07, 6.45) is 1.28. The summed E-state index contributed by atoms with van der Waals surface area (Å²) in [5.74, 6) is 0.534. The van der Waals surface area contributed by atoms with Crippen LogP contribution in [0.25, 0.3) is 0 Å². The Labute approximate surface area is 239 Å². The molecule has 3 heterocycles. The van der Waals surface area contributed by atoms with E-state index in [0.717, 1.165) is 11.1 Å². The van der Waals surface area contributed by atoms with E-state index in [9.17, 15) is 14.7 Å². The number of nitrogens with zero attached hydrogens (tertiary/aromatic N) is 4. The molecular formula is C30H37N5O6. The highest BCUT2D eigenvalue weighted by Gasteiger charge is 2.39. The third kappa shape index (κ3) is 6.00. The average Bonchev–Trinajstić information content (AvgIpc) is 3.57. The summed E-state index contributed by atoms with van der Waals surface area (Å²) in [4.78, 5) is 28.8. The number of benzene rings is 2. The number of fused-ring (bicyclic) bond motifs is 5. The number of nitrogens with one attached hydrogen (secondary N) is 1. The fourth-order valence-corrected chi connectivity index (χ4v) is 5.17. The van der Waals surface area contributed by atoms with Crippen molar-refractivity contribution in [3.05, 3.63) is 64.5 Å². The first-order valence-corrected chi connectivity index (χ1v) is 13.9. The van der Waals surface area contributed by atoms with Crippen LogP contribution in [0.4, 0.5) is 0 Å². The number of hydrogen-bond donors (Lipinski definition) is 2. The van der Waals surface area contributed by atoms with Gasteiger partial charge in [0.15, 0.2) is 11.5 Å². The van der Waals surface area contributed by atoms with Gasteiger partial charge in [0.25, 0.3) is 11.8 Å². The lowest BCUT2D eigenvalue weighted by Crippen LogP contribution is -2.44. The first-order valence-electron chi connectivity index (χ1n) is 13.9. The van der Waals surface area contributed by atoms with Crippen molar-refractivity contribution in [2.45, 2.75) is 64.8 Å². The molecule has 2 aliphatic heterocycles. The lowest BCUT2D eigenvalue weighted by Gasteiger charge is -2.21. The molecule has 0 saturated carbocycles. The molecule has 218 valence electrons. The predicted octanol–water partition coefficient (Wildman–Crippen LogP) is 3.47. The molecule has 2 N–H and O–H groups in total. The second kappa shape index (κ2) is 11.8. The second-order valence-corrected chi connectivity index (χ2v) is 11.1. The summed E-state index contributed by atoms with van der Waals surface area (Å²) in [5.41, 5.74) is 2.99. The van der Waals surface area contributed by atoms with Gasteiger partial charge >= 0.3 is 0 Å². The van der Waals surface area contributed by atoms with Crippen molar-refractivity contribution >= 4 is 11.8 Å². The summed E-state index contributed by atoms with van der Waals surface area (Å²) in [6, 6.07) is 8.22. The second-order valence-electron chi connectivity index (χ2n) is 11.1. The van der Waals surface area contributed by atoms with Crippen LogP contribution in [0.2, 0.25) is 0 Å². The summed E-state index contributed by atoms with van der Waals surface area (Å²) >= 11 is 0. The number of hydrogen-bond acceptors (Lipinski definition) is 8. The van der Waals surface area contributed by atoms with Crippen LogP contribution in [-0.2, 0) is 17.9 Å². The van der Waals surface area contributed by atoms with Gasteiger partial charge in [-0.25, -0.2) is 4.68 Å². The van der Waals surface area contributed by atoms with Crippen LogP contribution in [0.15, 0.2) is 36.5 Å². The van der Waals surface area contributed by atoms with E-state index in [1.807, 2.05) is 19.9 Å². The first kappa shape index (κ1) is 28.4. The fraction of sp³-hybridized carbons (Fsp3) is 0.467. The molecule has 2 atom stereocenters. The number of aromatic hydroxyl groups is 1. The number of amides is 2. The Morgan fingerprint density at radius 1 is 1.15 bits per heavy atom. The van der Waals surface area contributed by atoms with Gasteiger partial charge in [0.05, 0.1) is 44.2 Å². The van der Waals surface area contributed by atoms with Gasteiger partial charge in [-0.15, -0.1) is 5.10 Å². The zero-order valence-corrected chi connectivity index (χ0v) is 24.1. The van der Waals surface area contributed by atoms with E-state index in [1.165, 1.54) is 0 Å². The number of carbonyl (C=O) groups is 2. The zero-order chi connectivity index (χ0) is 29.3. The average molecular weight is 564 g/mol. The Hall–Kier alpha value is -4.12. The molecule has 5 rings (SSSR count). The molecule has 0 unspecified atom stereocenters. The minimum atomic E-state index is -0.507. The van der Waals surface area contributed by atoms with Crippen molar-refractivity contribution < 1.29 is 28.9 Å². The van der Waals surface area contributed by atoms with Crippen molar-refractivity contribution in [3.63, 3.8) is 0 Å². The van der Waals surface area contributed by atoms with Gasteiger partial charge in [-0.1, -0.05) is 39.0 Å². The molecule has 0 spiro atoms. The van der Waals surface area contributed by atoms with Crippen molar-refractivity contribution in [2.24, 2.45) is 0 Å². The molecule has 1 saturated heterocycles. The third-order valence-electron chi connectivity index (χ3n) is 7.59. The van der Waals surface area contributed by atoms with Gasteiger partial charge in [0, 0.05) is 18.7 Å². The highest BCUT2D eigenvalue weighted by molar-refractivity contribution is 5.98. The standard InChI is InChI=1S/C30H37N5O6/c1-17(2)20-10-22(18(3)4)28(36)23(11-20)30(38)34-14-24-27(15-34)41-16-21-13-35(33-32-21)8-9-40-26-12-19(29(37)31-24)6-7-25(26)39-5/h6-7,10-13,17-18,24,27,36H,8-9,14-16H2,1-5H3,(H,31,37)/t24-,27-/m0/s1. The number of methoxy groups -OCH3 is 1. The van der Waals surface area contributed by atoms with Crippen LogP contribution in [0.3, 0.4) is 0 Å². The topological polar surface area (TPSA) is 128 Å². The van der Waals surface area contributed by atoms with Crippen LogP contribution in [-0.4, -0.2) is 75.8 Å². The van der Waals surface area contributed by atoms with E-state index in [2.05, 4.69) is 29.5 Å². The van der Waals surface area contributed by atoms with E-state index >= 15 is 0 Å². The number of aromatic nitrogens is 3. The highest BCUT2D eigenvalue weighted by atomic mass is 16.5. The molecule has 1 aromatic heterocycles. The zero-order valence-electron chi connectivity index (χ0n) is 24.1. The molecule has 2 amide bonds. The molecule has 3 aromatic rings. The van der Waals surface area contributed by atoms with Crippen molar-refractivity contribution in [3.8, 4) is 17.2 Å². The minimum absolute atomic E-state index is 0.00353. The molecule has 4 bridgehead atoms. The summed E-state index contributed by atoms with van der Waals surface area (Å²) < 4.78 is 19.2. The van der Waals surface area contributed by atoms with E-state index in [4.69, 9.17) is 14.2 Å². The molecule has 11 heteroatoms. The summed E-state index contributed by atoms with van der Waals surface area (Å²) in [7, 11) is 1.54. The molecule has 11 nitrogen and oxygen atoms in total. The largest absolute Gasteiger partial charge is 0.507 e. The Balaban J connectivity index is 1.45. The highest BCUT2D eigenvalue weighted by Crippen LogP contribution is 2.35. The number of ether oxygens (including phenoxy) is 3. The smallest absolute Gasteiger partial charge is 0.257 e. The minimum Gasteiger partial charge on any atom is -0.507 e. The van der Waals surface area contributed by atoms with Crippen molar-refractivity contribution in [1.82, 2.24) is 25.2 Å². The molecule has 1 fully saturated rings. The number of rotatable bonds is 4. The number of carbonyl (C=O) groups excluding carboxylic acids is 2. The van der Waals surface area contributed by atoms with Gasteiger partial charge in [0.1, 0.15) is 18.1 Å². The van der Waals surface area contributed by atoms with E-state index < -0.39 is 12.1 Å². The van der Waals surface area contributed by atoms with Crippen LogP contribution in [0, 0.1) is 0 Å². The van der Waals surface area contributed by atoms with E-state index in [0.29, 0.717) is 35.9 Å². The van der Waals surface area contributed by atoms with Gasteiger partial charge in [-0.3, -0.25) is 9.59 Å². The van der Waals surface area contributed by atoms with Crippen LogP contribution >= 0.6 is 0 Å². The van der Waals surface area contributed by atoms with Gasteiger partial charge in [-0.05, 0) is 47.2 Å². The summed E-state index contributed by atoms with van der Waals surface area (Å²) in [5, 5.41) is 22.5. The molecule has 41 heavy (non-hydrogen) atoms. The molecule has 0 aliphatic carbocycles. The quantitative estimate of drug-likeness (QED) is 0.494. The van der Waals surface area contributed by atoms with Crippen molar-refractivity contribution in [2.75, 3.05) is 26.8 Å². The normalized spacial score (nSPS) is 19.3. The molecular weight excluding hydrogens is 526 g/mol. The predicted molar refractivity (Wildman–Crippen MR) is 151 cm³/mol. The van der Waals surface area contributed by atoms with Crippen LogP contribution in [0.1, 0.15) is 77.1 Å².